The number of rotatable bonds is 5. The van der Waals surface area contributed by atoms with Crippen molar-refractivity contribution in [3.05, 3.63) is 30.1 Å². The van der Waals surface area contributed by atoms with E-state index in [1.54, 1.807) is 0 Å². The van der Waals surface area contributed by atoms with Gasteiger partial charge in [-0.05, 0) is 32.9 Å². The molecule has 5 heteroatoms. The number of hydrogen-bond acceptors (Lipinski definition) is 3. The standard InChI is InChI=1S/C17H23N3O2/c1-12(2)20-14-7-5-4-6-13(14)19-15(20)8-9-18-16(21)17(3)10-22-11-17/h4-7,12H,8-11H2,1-3H3,(H,18,21). The van der Waals surface area contributed by atoms with Gasteiger partial charge in [-0.15, -0.1) is 0 Å². The van der Waals surface area contributed by atoms with Gasteiger partial charge in [0.05, 0.1) is 29.7 Å². The molecule has 3 rings (SSSR count). The second-order valence-corrected chi connectivity index (χ2v) is 6.54. The Morgan fingerprint density at radius 3 is 2.77 bits per heavy atom. The molecule has 0 bridgehead atoms. The van der Waals surface area contributed by atoms with E-state index < -0.39 is 0 Å². The molecule has 1 N–H and O–H groups in total. The molecule has 0 unspecified atom stereocenters. The van der Waals surface area contributed by atoms with Gasteiger partial charge in [-0.25, -0.2) is 4.98 Å². The van der Waals surface area contributed by atoms with Crippen LogP contribution in [0, 0.1) is 5.41 Å². The first-order valence-electron chi connectivity index (χ1n) is 7.83. The first-order valence-corrected chi connectivity index (χ1v) is 7.83. The van der Waals surface area contributed by atoms with Gasteiger partial charge in [0, 0.05) is 19.0 Å². The summed E-state index contributed by atoms with van der Waals surface area (Å²) in [5, 5.41) is 3.01. The summed E-state index contributed by atoms with van der Waals surface area (Å²) in [4.78, 5) is 16.8. The smallest absolute Gasteiger partial charge is 0.230 e. The maximum Gasteiger partial charge on any atom is 0.230 e. The number of para-hydroxylation sites is 2. The highest BCUT2D eigenvalue weighted by molar-refractivity contribution is 5.83. The van der Waals surface area contributed by atoms with E-state index in [-0.39, 0.29) is 11.3 Å². The van der Waals surface area contributed by atoms with Gasteiger partial charge < -0.3 is 14.6 Å². The molecule has 1 fully saturated rings. The van der Waals surface area contributed by atoms with Crippen LogP contribution in [0.1, 0.15) is 32.6 Å². The van der Waals surface area contributed by atoms with E-state index in [9.17, 15) is 4.79 Å². The zero-order valence-electron chi connectivity index (χ0n) is 13.4. The van der Waals surface area contributed by atoms with E-state index in [0.29, 0.717) is 25.8 Å². The van der Waals surface area contributed by atoms with Gasteiger partial charge in [-0.1, -0.05) is 12.1 Å². The first-order chi connectivity index (χ1) is 10.5. The van der Waals surface area contributed by atoms with Crippen LogP contribution in [0.3, 0.4) is 0 Å². The molecule has 1 aromatic heterocycles. The fraction of sp³-hybridized carbons (Fsp3) is 0.529. The van der Waals surface area contributed by atoms with Crippen LogP contribution < -0.4 is 5.32 Å². The zero-order chi connectivity index (χ0) is 15.7. The van der Waals surface area contributed by atoms with Crippen LogP contribution in [0.15, 0.2) is 24.3 Å². The topological polar surface area (TPSA) is 56.2 Å². The van der Waals surface area contributed by atoms with Crippen molar-refractivity contribution in [1.82, 2.24) is 14.9 Å². The van der Waals surface area contributed by atoms with E-state index >= 15 is 0 Å². The zero-order valence-corrected chi connectivity index (χ0v) is 13.4. The molecule has 118 valence electrons. The molecule has 0 atom stereocenters. The molecule has 5 nitrogen and oxygen atoms in total. The van der Waals surface area contributed by atoms with Gasteiger partial charge in [-0.3, -0.25) is 4.79 Å². The first kappa shape index (κ1) is 15.0. The van der Waals surface area contributed by atoms with Crippen LogP contribution in [0.25, 0.3) is 11.0 Å². The number of carbonyl (C=O) groups excluding carboxylic acids is 1. The van der Waals surface area contributed by atoms with Crippen molar-refractivity contribution >= 4 is 16.9 Å². The van der Waals surface area contributed by atoms with E-state index in [4.69, 9.17) is 9.72 Å². The van der Waals surface area contributed by atoms with E-state index in [0.717, 1.165) is 23.3 Å². The van der Waals surface area contributed by atoms with Crippen molar-refractivity contribution in [2.75, 3.05) is 19.8 Å². The molecule has 22 heavy (non-hydrogen) atoms. The normalized spacial score (nSPS) is 16.7. The predicted molar refractivity (Wildman–Crippen MR) is 85.8 cm³/mol. The van der Waals surface area contributed by atoms with Crippen LogP contribution >= 0.6 is 0 Å². The Morgan fingerprint density at radius 1 is 1.41 bits per heavy atom. The largest absolute Gasteiger partial charge is 0.379 e. The molecule has 0 radical (unpaired) electrons. The minimum Gasteiger partial charge on any atom is -0.379 e. The van der Waals surface area contributed by atoms with E-state index in [1.807, 2.05) is 25.1 Å². The maximum atomic E-state index is 12.1. The van der Waals surface area contributed by atoms with Crippen LogP contribution in [-0.2, 0) is 16.0 Å². The summed E-state index contributed by atoms with van der Waals surface area (Å²) < 4.78 is 7.38. The van der Waals surface area contributed by atoms with Crippen molar-refractivity contribution in [2.24, 2.45) is 5.41 Å². The summed E-state index contributed by atoms with van der Waals surface area (Å²) in [6.45, 7) is 7.89. The van der Waals surface area contributed by atoms with Crippen LogP contribution in [0.5, 0.6) is 0 Å². The number of aromatic nitrogens is 2. The number of benzene rings is 1. The third kappa shape index (κ3) is 2.61. The molecule has 1 aromatic carbocycles. The Balaban J connectivity index is 1.71. The summed E-state index contributed by atoms with van der Waals surface area (Å²) in [5.74, 6) is 1.09. The van der Waals surface area contributed by atoms with Crippen molar-refractivity contribution in [3.63, 3.8) is 0 Å². The Labute approximate surface area is 130 Å². The second kappa shape index (κ2) is 5.72. The Hall–Kier alpha value is -1.88. The molecule has 2 heterocycles. The summed E-state index contributed by atoms with van der Waals surface area (Å²) >= 11 is 0. The van der Waals surface area contributed by atoms with Gasteiger partial charge in [0.1, 0.15) is 5.82 Å². The monoisotopic (exact) mass is 301 g/mol. The average Bonchev–Trinajstić information content (AvgIpc) is 2.82. The molecule has 2 aromatic rings. The van der Waals surface area contributed by atoms with E-state index in [2.05, 4.69) is 29.8 Å². The summed E-state index contributed by atoms with van der Waals surface area (Å²) in [5.41, 5.74) is 1.81. The lowest BCUT2D eigenvalue weighted by molar-refractivity contribution is -0.157. The maximum absolute atomic E-state index is 12.1. The molecule has 0 spiro atoms. The van der Waals surface area contributed by atoms with Crippen LogP contribution in [0.2, 0.25) is 0 Å². The lowest BCUT2D eigenvalue weighted by Crippen LogP contribution is -2.52. The SMILES string of the molecule is CC(C)n1c(CCNC(=O)C2(C)COC2)nc2ccccc21. The number of fused-ring (bicyclic) bond motifs is 1. The second-order valence-electron chi connectivity index (χ2n) is 6.54. The summed E-state index contributed by atoms with van der Waals surface area (Å²) in [6, 6.07) is 8.50. The highest BCUT2D eigenvalue weighted by Gasteiger charge is 2.40. The number of nitrogens with one attached hydrogen (secondary N) is 1. The molecule has 1 aliphatic heterocycles. The van der Waals surface area contributed by atoms with Crippen LogP contribution in [-0.4, -0.2) is 35.2 Å². The molecule has 1 aliphatic rings. The molecule has 0 saturated carbocycles. The van der Waals surface area contributed by atoms with Crippen molar-refractivity contribution in [3.8, 4) is 0 Å². The lowest BCUT2D eigenvalue weighted by Gasteiger charge is -2.36. The highest BCUT2D eigenvalue weighted by Crippen LogP contribution is 2.26. The highest BCUT2D eigenvalue weighted by atomic mass is 16.5. The third-order valence-electron chi connectivity index (χ3n) is 4.21. The molecule has 1 amide bonds. The minimum atomic E-state index is -0.349. The summed E-state index contributed by atoms with van der Waals surface area (Å²) in [6.07, 6.45) is 0.732. The summed E-state index contributed by atoms with van der Waals surface area (Å²) in [7, 11) is 0. The van der Waals surface area contributed by atoms with Gasteiger partial charge in [0.2, 0.25) is 5.91 Å². The Morgan fingerprint density at radius 2 is 2.14 bits per heavy atom. The lowest BCUT2D eigenvalue weighted by atomic mass is 9.87. The molecular formula is C17H23N3O2. The third-order valence-corrected chi connectivity index (χ3v) is 4.21. The number of amides is 1. The molecule has 0 aliphatic carbocycles. The predicted octanol–water partition coefficient (Wildman–Crippen LogP) is 2.31. The Bertz CT molecular complexity index is 686. The van der Waals surface area contributed by atoms with Gasteiger partial charge in [0.15, 0.2) is 0 Å². The average molecular weight is 301 g/mol. The number of ether oxygens (including phenoxy) is 1. The van der Waals surface area contributed by atoms with Gasteiger partial charge >= 0.3 is 0 Å². The van der Waals surface area contributed by atoms with Gasteiger partial charge in [-0.2, -0.15) is 0 Å². The van der Waals surface area contributed by atoms with Crippen molar-refractivity contribution < 1.29 is 9.53 Å². The van der Waals surface area contributed by atoms with E-state index in [1.165, 1.54) is 0 Å². The molecular weight excluding hydrogens is 278 g/mol. The fourth-order valence-corrected chi connectivity index (χ4v) is 2.89. The number of hydrogen-bond donors (Lipinski definition) is 1. The van der Waals surface area contributed by atoms with Crippen molar-refractivity contribution in [1.29, 1.82) is 0 Å². The molecule has 1 saturated heterocycles. The Kier molecular flexibility index (Phi) is 3.91. The van der Waals surface area contributed by atoms with Crippen molar-refractivity contribution in [2.45, 2.75) is 33.2 Å². The quantitative estimate of drug-likeness (QED) is 0.922. The minimum absolute atomic E-state index is 0.0750. The van der Waals surface area contributed by atoms with Gasteiger partial charge in [0.25, 0.3) is 0 Å². The van der Waals surface area contributed by atoms with Crippen LogP contribution in [0.4, 0.5) is 0 Å². The fourth-order valence-electron chi connectivity index (χ4n) is 2.89. The number of nitrogens with zero attached hydrogens (tertiary/aromatic N) is 2. The number of imidazole rings is 1. The number of carbonyl (C=O) groups is 1.